The van der Waals surface area contributed by atoms with Crippen LogP contribution in [0.4, 0.5) is 11.4 Å². The second kappa shape index (κ2) is 8.29. The number of benzene rings is 3. The number of hydrogen-bond acceptors (Lipinski definition) is 6. The fraction of sp³-hybridized carbons (Fsp3) is 0.179. The summed E-state index contributed by atoms with van der Waals surface area (Å²) in [6.45, 7) is 1.37. The number of anilines is 2. The molecule has 1 N–H and O–H groups in total. The summed E-state index contributed by atoms with van der Waals surface area (Å²) in [4.78, 5) is 67.7. The molecule has 0 aromatic heterocycles. The Kier molecular flexibility index (Phi) is 5.25. The van der Waals surface area contributed by atoms with Crippen LogP contribution in [0.3, 0.4) is 0 Å². The lowest BCUT2D eigenvalue weighted by molar-refractivity contribution is -0.127. The molecule has 37 heavy (non-hydrogen) atoms. The summed E-state index contributed by atoms with van der Waals surface area (Å²) in [5.74, 6) is -5.09. The van der Waals surface area contributed by atoms with Crippen LogP contribution in [0.2, 0.25) is 0 Å². The molecule has 2 heterocycles. The molecule has 8 nitrogen and oxygen atoms in total. The van der Waals surface area contributed by atoms with Gasteiger partial charge in [0.15, 0.2) is 0 Å². The van der Waals surface area contributed by atoms with Crippen LogP contribution in [0.15, 0.2) is 77.3 Å². The molecule has 0 unspecified atom stereocenters. The molecule has 3 aromatic carbocycles. The molecule has 1 aliphatic carbocycles. The average molecular weight is 559 g/mol. The highest BCUT2D eigenvalue weighted by Gasteiger charge is 2.74. The number of Topliss-reactive ketones (excluding diaryl/α,β-unsaturated/α-hetero) is 2. The van der Waals surface area contributed by atoms with Gasteiger partial charge in [-0.3, -0.25) is 24.0 Å². The van der Waals surface area contributed by atoms with Gasteiger partial charge in [-0.05, 0) is 42.0 Å². The van der Waals surface area contributed by atoms with Crippen molar-refractivity contribution in [3.63, 3.8) is 0 Å². The molecular weight excluding hydrogens is 540 g/mol. The highest BCUT2D eigenvalue weighted by atomic mass is 79.9. The molecule has 184 valence electrons. The standard InChI is InChI=1S/C28H19BrN2O6/c1-14(32)30-17-10-12-18(13-11-17)31-26(35)21-22(27(31)36)28(37-23(21)15-6-8-16(29)9-7-15)24(33)19-4-2-3-5-20(19)25(28)34/h2-13,21-23H,1H3,(H,30,32)/t21-,22+,23-/m1/s1. The zero-order valence-corrected chi connectivity index (χ0v) is 21.0. The number of nitrogens with one attached hydrogen (secondary N) is 1. The van der Waals surface area contributed by atoms with E-state index in [9.17, 15) is 24.0 Å². The molecule has 0 bridgehead atoms. The zero-order valence-electron chi connectivity index (χ0n) is 19.4. The average Bonchev–Trinajstić information content (AvgIpc) is 3.45. The number of fused-ring (bicyclic) bond motifs is 3. The molecule has 3 aromatic rings. The Bertz CT molecular complexity index is 1480. The summed E-state index contributed by atoms with van der Waals surface area (Å²) in [6, 6.07) is 19.6. The van der Waals surface area contributed by atoms with Crippen LogP contribution in [0.1, 0.15) is 39.3 Å². The van der Waals surface area contributed by atoms with Gasteiger partial charge in [0.2, 0.25) is 34.9 Å². The minimum absolute atomic E-state index is 0.182. The number of imide groups is 1. The largest absolute Gasteiger partial charge is 0.349 e. The first-order valence-electron chi connectivity index (χ1n) is 11.6. The van der Waals surface area contributed by atoms with Gasteiger partial charge in [0.05, 0.1) is 23.6 Å². The van der Waals surface area contributed by atoms with Crippen molar-refractivity contribution < 1.29 is 28.7 Å². The molecule has 2 saturated heterocycles. The number of ketones is 2. The molecule has 3 amide bonds. The first kappa shape index (κ1) is 23.4. The van der Waals surface area contributed by atoms with Gasteiger partial charge in [0.25, 0.3) is 0 Å². The van der Waals surface area contributed by atoms with E-state index >= 15 is 0 Å². The zero-order chi connectivity index (χ0) is 26.1. The van der Waals surface area contributed by atoms with Crippen molar-refractivity contribution in [2.75, 3.05) is 10.2 Å². The smallest absolute Gasteiger partial charge is 0.241 e. The Morgan fingerprint density at radius 1 is 0.865 bits per heavy atom. The van der Waals surface area contributed by atoms with Crippen LogP contribution in [0.5, 0.6) is 0 Å². The summed E-state index contributed by atoms with van der Waals surface area (Å²) in [5.41, 5.74) is -0.403. The Morgan fingerprint density at radius 2 is 1.46 bits per heavy atom. The SMILES string of the molecule is CC(=O)Nc1ccc(N2C(=O)[C@H]3[C@@H](c4ccc(Br)cc4)OC4(C(=O)c5ccccc5C4=O)[C@@H]3C2=O)cc1. The Balaban J connectivity index is 1.48. The van der Waals surface area contributed by atoms with Crippen molar-refractivity contribution in [2.45, 2.75) is 18.6 Å². The number of hydrogen-bond donors (Lipinski definition) is 1. The second-order valence-corrected chi connectivity index (χ2v) is 10.2. The number of carbonyl (C=O) groups is 5. The van der Waals surface area contributed by atoms with Gasteiger partial charge in [0, 0.05) is 28.2 Å². The van der Waals surface area contributed by atoms with Crippen LogP contribution >= 0.6 is 15.9 Å². The number of halogens is 1. The molecule has 2 aliphatic heterocycles. The molecule has 6 rings (SSSR count). The van der Waals surface area contributed by atoms with Gasteiger partial charge in [-0.1, -0.05) is 52.3 Å². The fourth-order valence-corrected chi connectivity index (χ4v) is 5.89. The highest BCUT2D eigenvalue weighted by molar-refractivity contribution is 9.10. The minimum Gasteiger partial charge on any atom is -0.349 e. The molecule has 0 saturated carbocycles. The van der Waals surface area contributed by atoms with Gasteiger partial charge in [-0.25, -0.2) is 4.90 Å². The summed E-state index contributed by atoms with van der Waals surface area (Å²) in [5, 5.41) is 2.64. The van der Waals surface area contributed by atoms with Crippen molar-refractivity contribution in [3.05, 3.63) is 94.0 Å². The van der Waals surface area contributed by atoms with Gasteiger partial charge in [0.1, 0.15) is 0 Å². The lowest BCUT2D eigenvalue weighted by Gasteiger charge is -2.27. The Labute approximate surface area is 219 Å². The van der Waals surface area contributed by atoms with Gasteiger partial charge in [-0.2, -0.15) is 0 Å². The summed E-state index contributed by atoms with van der Waals surface area (Å²) in [7, 11) is 0. The molecule has 3 aliphatic rings. The van der Waals surface area contributed by atoms with Gasteiger partial charge < -0.3 is 10.1 Å². The Morgan fingerprint density at radius 3 is 2.03 bits per heavy atom. The number of nitrogens with zero attached hydrogens (tertiary/aromatic N) is 1. The predicted octanol–water partition coefficient (Wildman–Crippen LogP) is 4.10. The van der Waals surface area contributed by atoms with Crippen molar-refractivity contribution in [2.24, 2.45) is 11.8 Å². The maximum Gasteiger partial charge on any atom is 0.241 e. The predicted molar refractivity (Wildman–Crippen MR) is 136 cm³/mol. The molecule has 2 fully saturated rings. The number of rotatable bonds is 3. The summed E-state index contributed by atoms with van der Waals surface area (Å²) >= 11 is 3.39. The molecule has 0 radical (unpaired) electrons. The third-order valence-corrected chi connectivity index (χ3v) is 7.69. The number of carbonyl (C=O) groups excluding carboxylic acids is 5. The van der Waals surface area contributed by atoms with Crippen molar-refractivity contribution in [1.29, 1.82) is 0 Å². The van der Waals surface area contributed by atoms with Crippen molar-refractivity contribution in [1.82, 2.24) is 0 Å². The van der Waals surface area contributed by atoms with Gasteiger partial charge >= 0.3 is 0 Å². The monoisotopic (exact) mass is 558 g/mol. The molecule has 9 heteroatoms. The highest BCUT2D eigenvalue weighted by Crippen LogP contribution is 2.57. The van der Waals surface area contributed by atoms with E-state index in [1.807, 2.05) is 0 Å². The van der Waals surface area contributed by atoms with E-state index in [4.69, 9.17) is 4.74 Å². The van der Waals surface area contributed by atoms with Crippen LogP contribution < -0.4 is 10.2 Å². The van der Waals surface area contributed by atoms with E-state index in [0.717, 1.165) is 9.37 Å². The van der Waals surface area contributed by atoms with Crippen molar-refractivity contribution >= 4 is 56.6 Å². The van der Waals surface area contributed by atoms with Crippen molar-refractivity contribution in [3.8, 4) is 0 Å². The fourth-order valence-electron chi connectivity index (χ4n) is 5.62. The van der Waals surface area contributed by atoms with Crippen LogP contribution in [-0.2, 0) is 19.1 Å². The van der Waals surface area contributed by atoms with Crippen LogP contribution in [0, 0.1) is 11.8 Å². The van der Waals surface area contributed by atoms with E-state index in [-0.39, 0.29) is 22.7 Å². The molecular formula is C28H19BrN2O6. The first-order valence-corrected chi connectivity index (χ1v) is 12.4. The maximum atomic E-state index is 13.9. The first-order chi connectivity index (χ1) is 17.7. The van der Waals surface area contributed by atoms with Crippen LogP contribution in [-0.4, -0.2) is 34.9 Å². The maximum absolute atomic E-state index is 13.9. The number of ether oxygens (including phenoxy) is 1. The second-order valence-electron chi connectivity index (χ2n) is 9.27. The normalized spacial score (nSPS) is 23.5. The summed E-state index contributed by atoms with van der Waals surface area (Å²) < 4.78 is 7.07. The lowest BCUT2D eigenvalue weighted by atomic mass is 9.77. The van der Waals surface area contributed by atoms with E-state index in [1.165, 1.54) is 31.2 Å². The quantitative estimate of drug-likeness (QED) is 0.382. The topological polar surface area (TPSA) is 110 Å². The minimum atomic E-state index is -2.12. The molecule has 1 spiro atoms. The van der Waals surface area contributed by atoms with Crippen LogP contribution in [0.25, 0.3) is 0 Å². The Hall–Kier alpha value is -3.95. The molecule has 3 atom stereocenters. The van der Waals surface area contributed by atoms with E-state index in [1.54, 1.807) is 48.5 Å². The van der Waals surface area contributed by atoms with E-state index < -0.39 is 46.9 Å². The van der Waals surface area contributed by atoms with E-state index in [2.05, 4.69) is 21.2 Å². The summed E-state index contributed by atoms with van der Waals surface area (Å²) in [6.07, 6.45) is -0.986. The van der Waals surface area contributed by atoms with Gasteiger partial charge in [-0.15, -0.1) is 0 Å². The van der Waals surface area contributed by atoms with E-state index in [0.29, 0.717) is 11.3 Å². The third kappa shape index (κ3) is 3.27. The third-order valence-electron chi connectivity index (χ3n) is 7.16. The number of amides is 3. The lowest BCUT2D eigenvalue weighted by Crippen LogP contribution is -2.51.